The standard InChI is InChI=1S/C11H5BrN4O/c12-7-1-2-9-6(3-7)4-10(17-9)11-8(5-13)14-16-15-11/h1-4H,(H,14,15,16). The molecule has 17 heavy (non-hydrogen) atoms. The lowest BCUT2D eigenvalue weighted by molar-refractivity contribution is 0.628. The van der Waals surface area contributed by atoms with E-state index in [4.69, 9.17) is 9.68 Å². The highest BCUT2D eigenvalue weighted by atomic mass is 79.9. The first-order valence-electron chi connectivity index (χ1n) is 4.78. The van der Waals surface area contributed by atoms with Crippen molar-refractivity contribution in [1.29, 1.82) is 5.26 Å². The van der Waals surface area contributed by atoms with Gasteiger partial charge < -0.3 is 4.42 Å². The van der Waals surface area contributed by atoms with Gasteiger partial charge in [-0.3, -0.25) is 0 Å². The first kappa shape index (κ1) is 10.1. The third kappa shape index (κ3) is 1.61. The van der Waals surface area contributed by atoms with Crippen LogP contribution < -0.4 is 0 Å². The second kappa shape index (κ2) is 3.71. The van der Waals surface area contributed by atoms with Gasteiger partial charge in [0.15, 0.2) is 17.1 Å². The smallest absolute Gasteiger partial charge is 0.167 e. The fourth-order valence-electron chi connectivity index (χ4n) is 1.61. The van der Waals surface area contributed by atoms with Crippen LogP contribution in [0.15, 0.2) is 33.2 Å². The number of nitrogens with one attached hydrogen (secondary N) is 1. The van der Waals surface area contributed by atoms with Crippen LogP contribution in [0.4, 0.5) is 0 Å². The molecule has 0 amide bonds. The lowest BCUT2D eigenvalue weighted by atomic mass is 10.2. The van der Waals surface area contributed by atoms with Crippen molar-refractivity contribution in [2.75, 3.05) is 0 Å². The van der Waals surface area contributed by atoms with Crippen molar-refractivity contribution in [1.82, 2.24) is 15.4 Å². The Bertz CT molecular complexity index is 737. The first-order chi connectivity index (χ1) is 8.28. The minimum atomic E-state index is 0.295. The molecular formula is C11H5BrN4O. The van der Waals surface area contributed by atoms with Crippen LogP contribution in [0.2, 0.25) is 0 Å². The number of aromatic amines is 1. The van der Waals surface area contributed by atoms with Crippen LogP contribution in [0.25, 0.3) is 22.4 Å². The van der Waals surface area contributed by atoms with Gasteiger partial charge in [0.2, 0.25) is 0 Å². The van der Waals surface area contributed by atoms with Gasteiger partial charge in [-0.05, 0) is 24.3 Å². The number of halogens is 1. The van der Waals surface area contributed by atoms with E-state index in [1.54, 1.807) is 0 Å². The minimum absolute atomic E-state index is 0.295. The van der Waals surface area contributed by atoms with Gasteiger partial charge in [-0.2, -0.15) is 5.26 Å². The number of nitriles is 1. The van der Waals surface area contributed by atoms with E-state index < -0.39 is 0 Å². The highest BCUT2D eigenvalue weighted by molar-refractivity contribution is 9.10. The van der Waals surface area contributed by atoms with Crippen molar-refractivity contribution in [3.8, 4) is 17.5 Å². The Kier molecular flexibility index (Phi) is 2.20. The fourth-order valence-corrected chi connectivity index (χ4v) is 1.99. The molecule has 1 aromatic carbocycles. The molecule has 0 saturated heterocycles. The maximum Gasteiger partial charge on any atom is 0.167 e. The van der Waals surface area contributed by atoms with Gasteiger partial charge >= 0.3 is 0 Å². The van der Waals surface area contributed by atoms with E-state index in [0.717, 1.165) is 15.4 Å². The Hall–Kier alpha value is -2.13. The van der Waals surface area contributed by atoms with E-state index in [9.17, 15) is 0 Å². The summed E-state index contributed by atoms with van der Waals surface area (Å²) >= 11 is 3.39. The maximum absolute atomic E-state index is 8.88. The van der Waals surface area contributed by atoms with Crippen molar-refractivity contribution in [2.45, 2.75) is 0 Å². The Morgan fingerprint density at radius 1 is 1.35 bits per heavy atom. The van der Waals surface area contributed by atoms with Gasteiger partial charge in [-0.25, -0.2) is 5.10 Å². The largest absolute Gasteiger partial charge is 0.454 e. The molecule has 5 nitrogen and oxygen atoms in total. The van der Waals surface area contributed by atoms with Crippen molar-refractivity contribution >= 4 is 26.9 Å². The molecule has 0 fully saturated rings. The maximum atomic E-state index is 8.88. The summed E-state index contributed by atoms with van der Waals surface area (Å²) in [6, 6.07) is 9.50. The van der Waals surface area contributed by atoms with Crippen molar-refractivity contribution in [3.63, 3.8) is 0 Å². The number of hydrogen-bond acceptors (Lipinski definition) is 4. The van der Waals surface area contributed by atoms with Crippen LogP contribution in [0, 0.1) is 11.3 Å². The lowest BCUT2D eigenvalue weighted by Crippen LogP contribution is -1.78. The Labute approximate surface area is 104 Å². The van der Waals surface area contributed by atoms with E-state index in [0.29, 0.717) is 17.1 Å². The number of hydrogen-bond donors (Lipinski definition) is 1. The van der Waals surface area contributed by atoms with E-state index in [1.807, 2.05) is 30.3 Å². The Morgan fingerprint density at radius 2 is 2.24 bits per heavy atom. The Balaban J connectivity index is 2.22. The molecule has 0 bridgehead atoms. The summed E-state index contributed by atoms with van der Waals surface area (Å²) < 4.78 is 6.59. The molecular weight excluding hydrogens is 284 g/mol. The molecule has 0 atom stereocenters. The number of fused-ring (bicyclic) bond motifs is 1. The van der Waals surface area contributed by atoms with Crippen LogP contribution in [0.3, 0.4) is 0 Å². The van der Waals surface area contributed by atoms with Crippen LogP contribution in [-0.2, 0) is 0 Å². The van der Waals surface area contributed by atoms with Gasteiger partial charge in [0, 0.05) is 9.86 Å². The second-order valence-electron chi connectivity index (χ2n) is 3.44. The molecule has 0 saturated carbocycles. The zero-order chi connectivity index (χ0) is 11.8. The zero-order valence-electron chi connectivity index (χ0n) is 8.44. The minimum Gasteiger partial charge on any atom is -0.454 e. The molecule has 82 valence electrons. The molecule has 3 rings (SSSR count). The van der Waals surface area contributed by atoms with Gasteiger partial charge in [-0.15, -0.1) is 5.10 Å². The Morgan fingerprint density at radius 3 is 3.06 bits per heavy atom. The number of benzene rings is 1. The second-order valence-corrected chi connectivity index (χ2v) is 4.36. The number of rotatable bonds is 1. The third-order valence-corrected chi connectivity index (χ3v) is 2.87. The quantitative estimate of drug-likeness (QED) is 0.747. The molecule has 0 radical (unpaired) electrons. The van der Waals surface area contributed by atoms with Crippen LogP contribution >= 0.6 is 15.9 Å². The van der Waals surface area contributed by atoms with Gasteiger partial charge in [0.05, 0.1) is 0 Å². The van der Waals surface area contributed by atoms with Gasteiger partial charge in [0.1, 0.15) is 11.7 Å². The van der Waals surface area contributed by atoms with E-state index in [1.165, 1.54) is 0 Å². The molecule has 2 heterocycles. The highest BCUT2D eigenvalue weighted by Crippen LogP contribution is 2.29. The predicted molar refractivity (Wildman–Crippen MR) is 64.0 cm³/mol. The molecule has 0 unspecified atom stereocenters. The molecule has 2 aromatic heterocycles. The van der Waals surface area contributed by atoms with Crippen molar-refractivity contribution < 1.29 is 4.42 Å². The third-order valence-electron chi connectivity index (χ3n) is 2.37. The van der Waals surface area contributed by atoms with Crippen LogP contribution in [-0.4, -0.2) is 15.4 Å². The monoisotopic (exact) mass is 288 g/mol. The molecule has 0 aliphatic heterocycles. The SMILES string of the molecule is N#Cc1[nH]nnc1-c1cc2cc(Br)ccc2o1. The average molecular weight is 289 g/mol. The van der Waals surface area contributed by atoms with Gasteiger partial charge in [0.25, 0.3) is 0 Å². The summed E-state index contributed by atoms with van der Waals surface area (Å²) in [6.07, 6.45) is 0. The molecule has 0 aliphatic carbocycles. The average Bonchev–Trinajstić information content (AvgIpc) is 2.93. The normalized spacial score (nSPS) is 10.6. The number of aromatic nitrogens is 3. The summed E-state index contributed by atoms with van der Waals surface area (Å²) in [5.41, 5.74) is 1.47. The van der Waals surface area contributed by atoms with Crippen LogP contribution in [0.1, 0.15) is 5.69 Å². The van der Waals surface area contributed by atoms with Gasteiger partial charge in [-0.1, -0.05) is 21.1 Å². The van der Waals surface area contributed by atoms with E-state index in [2.05, 4.69) is 31.3 Å². The first-order valence-corrected chi connectivity index (χ1v) is 5.58. The topological polar surface area (TPSA) is 78.5 Å². The number of furan rings is 1. The van der Waals surface area contributed by atoms with Crippen molar-refractivity contribution in [3.05, 3.63) is 34.4 Å². The summed E-state index contributed by atoms with van der Waals surface area (Å²) in [5, 5.41) is 19.8. The number of nitrogens with zero attached hydrogens (tertiary/aromatic N) is 3. The lowest BCUT2D eigenvalue weighted by Gasteiger charge is -1.88. The van der Waals surface area contributed by atoms with Crippen molar-refractivity contribution in [2.24, 2.45) is 0 Å². The molecule has 0 spiro atoms. The summed E-state index contributed by atoms with van der Waals surface area (Å²) in [7, 11) is 0. The van der Waals surface area contributed by atoms with E-state index >= 15 is 0 Å². The van der Waals surface area contributed by atoms with E-state index in [-0.39, 0.29) is 0 Å². The fraction of sp³-hybridized carbons (Fsp3) is 0. The summed E-state index contributed by atoms with van der Waals surface area (Å²) in [6.45, 7) is 0. The molecule has 1 N–H and O–H groups in total. The summed E-state index contributed by atoms with van der Waals surface area (Å²) in [4.78, 5) is 0. The summed E-state index contributed by atoms with van der Waals surface area (Å²) in [5.74, 6) is 0.531. The number of H-pyrrole nitrogens is 1. The highest BCUT2D eigenvalue weighted by Gasteiger charge is 2.14. The zero-order valence-corrected chi connectivity index (χ0v) is 10.0. The molecule has 6 heteroatoms. The molecule has 0 aliphatic rings. The predicted octanol–water partition coefficient (Wildman–Crippen LogP) is 2.85. The van der Waals surface area contributed by atoms with Crippen LogP contribution in [0.5, 0.6) is 0 Å². The molecule has 3 aromatic rings.